The zero-order valence-corrected chi connectivity index (χ0v) is 36.7. The smallest absolute Gasteiger partial charge is 0.150 e. The monoisotopic (exact) mass is 822 g/mol. The molecule has 9 heteroatoms. The highest BCUT2D eigenvalue weighted by molar-refractivity contribution is 5.84. The van der Waals surface area contributed by atoms with Gasteiger partial charge in [0, 0.05) is 50.5 Å². The van der Waals surface area contributed by atoms with Crippen LogP contribution in [0.1, 0.15) is 161 Å². The molecule has 9 nitrogen and oxygen atoms in total. The van der Waals surface area contributed by atoms with E-state index in [2.05, 4.69) is 34.6 Å². The van der Waals surface area contributed by atoms with Crippen LogP contribution >= 0.6 is 0 Å². The number of aliphatic hydroxyl groups excluding tert-OH is 3. The van der Waals surface area contributed by atoms with Crippen LogP contribution in [0.2, 0.25) is 0 Å². The number of methoxy groups -OCH3 is 1. The maximum absolute atomic E-state index is 14.0. The zero-order valence-electron chi connectivity index (χ0n) is 36.7. The number of aliphatic hydroxyl groups is 3. The van der Waals surface area contributed by atoms with E-state index in [1.807, 2.05) is 0 Å². The van der Waals surface area contributed by atoms with Crippen molar-refractivity contribution in [2.75, 3.05) is 20.2 Å². The molecule has 6 fully saturated rings. The number of rotatable bonds is 15. The summed E-state index contributed by atoms with van der Waals surface area (Å²) in [7, 11) is 1.67. The van der Waals surface area contributed by atoms with Crippen LogP contribution in [0.15, 0.2) is 12.2 Å². The Bertz CT molecular complexity index is 1450. The maximum atomic E-state index is 14.0. The van der Waals surface area contributed by atoms with E-state index in [0.717, 1.165) is 64.5 Å². The Morgan fingerprint density at radius 3 is 2.49 bits per heavy atom. The van der Waals surface area contributed by atoms with Crippen LogP contribution in [-0.4, -0.2) is 83.7 Å². The third-order valence-electron chi connectivity index (χ3n) is 17.5. The number of carbonyl (C=O) groups excluding carboxylic acids is 2. The summed E-state index contributed by atoms with van der Waals surface area (Å²) in [4.78, 5) is 26.1. The molecule has 0 bridgehead atoms. The SMILES string of the molecule is COC1CC2CCC(=O)[C@@H]([C@H](O)CCCC3([C@H]4C[NH2+][C@@H]5CC(=O)CC[C@H]5C4)CCCC3)C#C[C@@H](CC[C@H](O)C[C@H](C=CC3CCCCC3)C3CC[NH2+]C(N)C3)C2CC1O. The molecule has 0 spiro atoms. The Morgan fingerprint density at radius 2 is 1.71 bits per heavy atom. The summed E-state index contributed by atoms with van der Waals surface area (Å²) in [6, 6.07) is 0.477. The van der Waals surface area contributed by atoms with Gasteiger partial charge >= 0.3 is 0 Å². The molecule has 0 radical (unpaired) electrons. The third-order valence-corrected chi connectivity index (χ3v) is 17.5. The van der Waals surface area contributed by atoms with Crippen molar-refractivity contribution >= 4 is 11.6 Å². The highest BCUT2D eigenvalue weighted by atomic mass is 16.5. The number of hydrogen-bond donors (Lipinski definition) is 6. The number of allylic oxidation sites excluding steroid dienone is 2. The van der Waals surface area contributed by atoms with Crippen molar-refractivity contribution in [3.63, 3.8) is 0 Å². The summed E-state index contributed by atoms with van der Waals surface area (Å²) in [6.07, 6.45) is 27.5. The van der Waals surface area contributed by atoms with Crippen LogP contribution in [0.25, 0.3) is 0 Å². The second kappa shape index (κ2) is 21.6. The first-order chi connectivity index (χ1) is 28.6. The minimum absolute atomic E-state index is 0.0513. The van der Waals surface area contributed by atoms with Gasteiger partial charge in [0.15, 0.2) is 0 Å². The van der Waals surface area contributed by atoms with E-state index in [1.54, 1.807) is 7.11 Å². The predicted octanol–water partition coefficient (Wildman–Crippen LogP) is 4.94. The molecule has 2 saturated heterocycles. The van der Waals surface area contributed by atoms with Gasteiger partial charge in [-0.25, -0.2) is 0 Å². The van der Waals surface area contributed by atoms with Crippen LogP contribution in [0.5, 0.6) is 0 Å². The van der Waals surface area contributed by atoms with Gasteiger partial charge in [0.2, 0.25) is 0 Å². The molecule has 5 aliphatic carbocycles. The van der Waals surface area contributed by atoms with Gasteiger partial charge in [-0.2, -0.15) is 0 Å². The summed E-state index contributed by atoms with van der Waals surface area (Å²) in [6.45, 7) is 2.16. The minimum Gasteiger partial charge on any atom is -0.393 e. The first-order valence-electron chi connectivity index (χ1n) is 24.8. The minimum atomic E-state index is -0.792. The van der Waals surface area contributed by atoms with Crippen molar-refractivity contribution in [1.82, 2.24) is 0 Å². The van der Waals surface area contributed by atoms with E-state index in [-0.39, 0.29) is 35.8 Å². The fraction of sp³-hybridized carbons (Fsp3) is 0.880. The van der Waals surface area contributed by atoms with E-state index in [9.17, 15) is 24.9 Å². The van der Waals surface area contributed by atoms with Gasteiger partial charge in [0.05, 0.1) is 50.0 Å². The van der Waals surface area contributed by atoms with Crippen LogP contribution in [0.3, 0.4) is 0 Å². The Morgan fingerprint density at radius 1 is 0.915 bits per heavy atom. The highest BCUT2D eigenvalue weighted by Gasteiger charge is 2.48. The molecule has 0 aromatic rings. The normalized spacial score (nSPS) is 38.6. The second-order valence-corrected chi connectivity index (χ2v) is 21.1. The predicted molar refractivity (Wildman–Crippen MR) is 230 cm³/mol. The molecule has 4 saturated carbocycles. The third kappa shape index (κ3) is 11.9. The Hall–Kier alpha value is -1.64. The van der Waals surface area contributed by atoms with Crippen LogP contribution in [0.4, 0.5) is 0 Å². The molecule has 332 valence electrons. The summed E-state index contributed by atoms with van der Waals surface area (Å²) < 4.78 is 5.74. The number of hydrogen-bond acceptors (Lipinski definition) is 7. The molecule has 6 unspecified atom stereocenters. The number of piperidine rings is 2. The van der Waals surface area contributed by atoms with Gasteiger partial charge in [-0.1, -0.05) is 62.5 Å². The Kier molecular flexibility index (Phi) is 16.6. The van der Waals surface area contributed by atoms with Gasteiger partial charge in [-0.15, -0.1) is 0 Å². The number of ketones is 2. The average Bonchev–Trinajstić information content (AvgIpc) is 3.74. The molecule has 9 N–H and O–H groups in total. The fourth-order valence-corrected chi connectivity index (χ4v) is 13.9. The summed E-state index contributed by atoms with van der Waals surface area (Å²) in [5, 5.41) is 39.5. The van der Waals surface area contributed by atoms with Crippen LogP contribution in [-0.2, 0) is 14.3 Å². The molecule has 2 aliphatic heterocycles. The van der Waals surface area contributed by atoms with Crippen LogP contribution in [0, 0.1) is 70.5 Å². The topological polar surface area (TPSA) is 163 Å². The van der Waals surface area contributed by atoms with Gasteiger partial charge in [0.1, 0.15) is 23.7 Å². The zero-order chi connectivity index (χ0) is 41.4. The molecule has 59 heavy (non-hydrogen) atoms. The first kappa shape index (κ1) is 45.4. The molecule has 7 rings (SSSR count). The Labute approximate surface area is 356 Å². The standard InChI is InChI=1S/C50H81N3O6/c1-59-48-28-37-16-20-46(57)42(45(56)10-7-24-50(22-5-6-23-50)39-26-38-14-18-41(55)30-44(38)53-32-39)19-15-34(43(37)31-47(48)58)13-17-40(54)27-35(36-21-25-52-49(51)29-36)12-11-33-8-3-2-4-9-33/h11-12,33-40,42-45,47-49,52-54,56,58H,2-10,13-14,16-18,20-32,51H2,1H3/p+2/t34-,35+,36?,37?,38+,39-,40+,42-,43?,44-,45-,47?,48?,49?/m1/s1. The van der Waals surface area contributed by atoms with E-state index in [4.69, 9.17) is 10.5 Å². The van der Waals surface area contributed by atoms with Crippen LogP contribution < -0.4 is 16.4 Å². The summed E-state index contributed by atoms with van der Waals surface area (Å²) in [5.41, 5.74) is 6.75. The van der Waals surface area contributed by atoms with Gasteiger partial charge < -0.3 is 30.7 Å². The summed E-state index contributed by atoms with van der Waals surface area (Å²) >= 11 is 0. The lowest BCUT2D eigenvalue weighted by molar-refractivity contribution is -0.713. The van der Waals surface area contributed by atoms with E-state index < -0.39 is 24.2 Å². The molecule has 7 aliphatic rings. The first-order valence-corrected chi connectivity index (χ1v) is 24.8. The highest BCUT2D eigenvalue weighted by Crippen LogP contribution is 2.51. The Balaban J connectivity index is 1.01. The van der Waals surface area contributed by atoms with Crippen molar-refractivity contribution in [2.24, 2.45) is 64.4 Å². The van der Waals surface area contributed by atoms with E-state index in [1.165, 1.54) is 64.2 Å². The van der Waals surface area contributed by atoms with Gasteiger partial charge in [0.25, 0.3) is 0 Å². The number of quaternary nitrogens is 2. The van der Waals surface area contributed by atoms with Gasteiger partial charge in [-0.3, -0.25) is 15.3 Å². The lowest BCUT2D eigenvalue weighted by Gasteiger charge is -2.45. The van der Waals surface area contributed by atoms with E-state index in [0.29, 0.717) is 91.8 Å². The van der Waals surface area contributed by atoms with Crippen molar-refractivity contribution in [3.8, 4) is 11.8 Å². The number of Topliss-reactive ketones (excluding diaryl/α,β-unsaturated/α-hetero) is 2. The number of nitrogens with two attached hydrogens (primary N) is 3. The maximum Gasteiger partial charge on any atom is 0.150 e. The van der Waals surface area contributed by atoms with Crippen molar-refractivity contribution in [3.05, 3.63) is 12.2 Å². The second-order valence-electron chi connectivity index (χ2n) is 21.1. The van der Waals surface area contributed by atoms with E-state index >= 15 is 0 Å². The van der Waals surface area contributed by atoms with Crippen molar-refractivity contribution in [2.45, 2.75) is 197 Å². The van der Waals surface area contributed by atoms with Crippen molar-refractivity contribution < 1.29 is 40.3 Å². The molecule has 0 amide bonds. The average molecular weight is 822 g/mol. The molecular weight excluding hydrogens is 739 g/mol. The summed E-state index contributed by atoms with van der Waals surface area (Å²) in [5.74, 6) is 9.76. The largest absolute Gasteiger partial charge is 0.393 e. The quantitative estimate of drug-likeness (QED) is 0.101. The number of ether oxygens (including phenoxy) is 1. The van der Waals surface area contributed by atoms with Crippen molar-refractivity contribution in [1.29, 1.82) is 0 Å². The van der Waals surface area contributed by atoms with Gasteiger partial charge in [-0.05, 0) is 125 Å². The molecule has 2 heterocycles. The molecule has 0 aromatic carbocycles. The molecule has 14 atom stereocenters. The molecule has 0 aromatic heterocycles. The molecular formula is C50H83N3O6+2. The fourth-order valence-electron chi connectivity index (χ4n) is 13.9. The number of carbonyl (C=O) groups is 2. The number of fused-ring (bicyclic) bond motifs is 2. The lowest BCUT2D eigenvalue weighted by Crippen LogP contribution is -2.95. The lowest BCUT2D eigenvalue weighted by atomic mass is 9.63.